The zero-order valence-electron chi connectivity index (χ0n) is 32.0. The first-order chi connectivity index (χ1) is 23.5. The average Bonchev–Trinajstić information content (AvgIpc) is 3.07. The van der Waals surface area contributed by atoms with Crippen LogP contribution in [0.15, 0.2) is 48.6 Å². The first kappa shape index (κ1) is 48.0. The monoisotopic (exact) mass is 673 g/mol. The van der Waals surface area contributed by atoms with E-state index in [1.165, 1.54) is 205 Å². The number of rotatable bonds is 36. The van der Waals surface area contributed by atoms with Crippen molar-refractivity contribution in [1.29, 1.82) is 0 Å². The average molecular weight is 673 g/mol. The second-order valence-electron chi connectivity index (χ2n) is 13.7. The van der Waals surface area contributed by atoms with Crippen molar-refractivity contribution < 1.29 is 19.8 Å². The van der Waals surface area contributed by atoms with Gasteiger partial charge in [-0.1, -0.05) is 230 Å². The molecule has 48 heavy (non-hydrogen) atoms. The Balaban J connectivity index is 0. The summed E-state index contributed by atoms with van der Waals surface area (Å²) in [6.45, 7) is 4.56. The Kier molecular flexibility index (Phi) is 44.9. The molecule has 0 aromatic rings. The summed E-state index contributed by atoms with van der Waals surface area (Å²) in [7, 11) is 0. The van der Waals surface area contributed by atoms with Gasteiger partial charge in [0.15, 0.2) is 0 Å². The molecule has 0 fully saturated rings. The second-order valence-corrected chi connectivity index (χ2v) is 13.7. The number of hydrogen-bond donors (Lipinski definition) is 2. The molecule has 0 spiro atoms. The highest BCUT2D eigenvalue weighted by molar-refractivity contribution is 5.80. The van der Waals surface area contributed by atoms with Crippen molar-refractivity contribution in [2.45, 2.75) is 219 Å². The van der Waals surface area contributed by atoms with Gasteiger partial charge in [-0.15, -0.1) is 0 Å². The molecule has 0 aliphatic rings. The van der Waals surface area contributed by atoms with Crippen LogP contribution in [0.1, 0.15) is 219 Å². The maximum Gasteiger partial charge on any atom is 0.328 e. The van der Waals surface area contributed by atoms with Crippen LogP contribution in [0.5, 0.6) is 0 Å². The van der Waals surface area contributed by atoms with E-state index in [1.54, 1.807) is 12.2 Å². The Morgan fingerprint density at radius 2 is 0.542 bits per heavy atom. The molecule has 0 amide bonds. The minimum atomic E-state index is -0.883. The normalized spacial score (nSPS) is 11.7. The first-order valence-electron chi connectivity index (χ1n) is 20.7. The van der Waals surface area contributed by atoms with Crippen LogP contribution in [0.25, 0.3) is 0 Å². The van der Waals surface area contributed by atoms with Gasteiger partial charge in [0.2, 0.25) is 0 Å². The molecule has 0 rings (SSSR count). The summed E-state index contributed by atoms with van der Waals surface area (Å²) in [5, 5.41) is 16.9. The number of carbonyl (C=O) groups is 2. The molecule has 0 aromatic heterocycles. The summed E-state index contributed by atoms with van der Waals surface area (Å²) >= 11 is 0. The number of hydrogen-bond acceptors (Lipinski definition) is 2. The number of carboxylic acid groups (broad SMARTS) is 2. The summed E-state index contributed by atoms with van der Waals surface area (Å²) < 4.78 is 0. The number of unbranched alkanes of at least 4 members (excludes halogenated alkanes) is 30. The lowest BCUT2D eigenvalue weighted by molar-refractivity contribution is -0.132. The Morgan fingerprint density at radius 1 is 0.333 bits per heavy atom. The third kappa shape index (κ3) is 50.7. The van der Waals surface area contributed by atoms with Gasteiger partial charge in [-0.25, -0.2) is 9.59 Å². The Morgan fingerprint density at radius 3 is 0.750 bits per heavy atom. The molecule has 0 aliphatic heterocycles. The van der Waals surface area contributed by atoms with Gasteiger partial charge in [-0.2, -0.15) is 0 Å². The molecule has 0 saturated heterocycles. The van der Waals surface area contributed by atoms with Crippen molar-refractivity contribution in [2.75, 3.05) is 0 Å². The second kappa shape index (κ2) is 44.9. The molecule has 0 saturated carbocycles. The summed E-state index contributed by atoms with van der Waals surface area (Å²) in [6, 6.07) is 0. The van der Waals surface area contributed by atoms with Crippen LogP contribution in [-0.2, 0) is 9.59 Å². The lowest BCUT2D eigenvalue weighted by Crippen LogP contribution is -1.84. The van der Waals surface area contributed by atoms with E-state index >= 15 is 0 Å². The third-order valence-corrected chi connectivity index (χ3v) is 8.92. The smallest absolute Gasteiger partial charge is 0.328 e. The van der Waals surface area contributed by atoms with Crippen molar-refractivity contribution >= 4 is 11.9 Å². The van der Waals surface area contributed by atoms with E-state index in [9.17, 15) is 9.59 Å². The molecule has 0 bridgehead atoms. The minimum Gasteiger partial charge on any atom is -0.478 e. The largest absolute Gasteiger partial charge is 0.478 e. The van der Waals surface area contributed by atoms with Gasteiger partial charge in [-0.3, -0.25) is 0 Å². The molecule has 0 atom stereocenters. The van der Waals surface area contributed by atoms with Crippen LogP contribution in [0.3, 0.4) is 0 Å². The standard InChI is InChI=1S/2C22H40O2/c2*1-2-3-4-5-6-7-8-9-10-11-12-13-14-15-16-17-18-19-20-21-22(23)24/h2*18-21H,2-17H2,1H3,(H,23,24). The fourth-order valence-corrected chi connectivity index (χ4v) is 5.89. The third-order valence-electron chi connectivity index (χ3n) is 8.92. The SMILES string of the molecule is CCCCCCCCCCCCCCCCCC=CC=CC(=O)O.CCCCCCCCCCCCCCCCCC=CC=CC(=O)O. The number of allylic oxidation sites excluding steroid dienone is 6. The van der Waals surface area contributed by atoms with Crippen molar-refractivity contribution in [3.8, 4) is 0 Å². The fourth-order valence-electron chi connectivity index (χ4n) is 5.89. The van der Waals surface area contributed by atoms with Gasteiger partial charge in [-0.05, 0) is 25.7 Å². The summed E-state index contributed by atoms with van der Waals surface area (Å²) in [6.07, 6.45) is 57.1. The van der Waals surface area contributed by atoms with Gasteiger partial charge in [0.05, 0.1) is 0 Å². The van der Waals surface area contributed by atoms with E-state index in [1.807, 2.05) is 12.2 Å². The predicted molar refractivity (Wildman–Crippen MR) is 211 cm³/mol. The van der Waals surface area contributed by atoms with Gasteiger partial charge in [0.1, 0.15) is 0 Å². The predicted octanol–water partition coefficient (Wildman–Crippen LogP) is 14.9. The van der Waals surface area contributed by atoms with E-state index < -0.39 is 11.9 Å². The van der Waals surface area contributed by atoms with Crippen molar-refractivity contribution in [3.05, 3.63) is 48.6 Å². The molecule has 0 aliphatic carbocycles. The van der Waals surface area contributed by atoms with Crippen molar-refractivity contribution in [2.24, 2.45) is 0 Å². The molecule has 2 N–H and O–H groups in total. The first-order valence-corrected chi connectivity index (χ1v) is 20.7. The Labute approximate surface area is 299 Å². The molecule has 0 radical (unpaired) electrons. The number of carboxylic acids is 2. The maximum absolute atomic E-state index is 10.3. The van der Waals surface area contributed by atoms with Crippen LogP contribution in [0.4, 0.5) is 0 Å². The molecule has 0 aromatic carbocycles. The van der Waals surface area contributed by atoms with Gasteiger partial charge >= 0.3 is 11.9 Å². The summed E-state index contributed by atoms with van der Waals surface area (Å²) in [5.74, 6) is -1.77. The van der Waals surface area contributed by atoms with Crippen molar-refractivity contribution in [1.82, 2.24) is 0 Å². The van der Waals surface area contributed by atoms with Crippen LogP contribution < -0.4 is 0 Å². The van der Waals surface area contributed by atoms with E-state index in [-0.39, 0.29) is 0 Å². The van der Waals surface area contributed by atoms with Gasteiger partial charge < -0.3 is 10.2 Å². The Hall–Kier alpha value is -2.10. The zero-order chi connectivity index (χ0) is 35.4. The highest BCUT2D eigenvalue weighted by Gasteiger charge is 1.95. The molecule has 0 unspecified atom stereocenters. The molecule has 0 heterocycles. The highest BCUT2D eigenvalue weighted by Crippen LogP contribution is 2.15. The molecular weight excluding hydrogens is 592 g/mol. The van der Waals surface area contributed by atoms with E-state index in [0.29, 0.717) is 0 Å². The molecular formula is C44H80O4. The van der Waals surface area contributed by atoms with Crippen LogP contribution in [0, 0.1) is 0 Å². The quantitative estimate of drug-likeness (QED) is 0.0394. The maximum atomic E-state index is 10.3. The van der Waals surface area contributed by atoms with Crippen LogP contribution >= 0.6 is 0 Å². The van der Waals surface area contributed by atoms with E-state index in [0.717, 1.165) is 12.8 Å². The Bertz CT molecular complexity index is 700. The van der Waals surface area contributed by atoms with Crippen molar-refractivity contribution in [3.63, 3.8) is 0 Å². The summed E-state index contributed by atoms with van der Waals surface area (Å²) in [5.41, 5.74) is 0. The molecule has 280 valence electrons. The zero-order valence-corrected chi connectivity index (χ0v) is 32.0. The van der Waals surface area contributed by atoms with Crippen LogP contribution in [-0.4, -0.2) is 22.2 Å². The fraction of sp³-hybridized carbons (Fsp3) is 0.773. The van der Waals surface area contributed by atoms with Gasteiger partial charge in [0.25, 0.3) is 0 Å². The molecule has 4 nitrogen and oxygen atoms in total. The van der Waals surface area contributed by atoms with Crippen LogP contribution in [0.2, 0.25) is 0 Å². The highest BCUT2D eigenvalue weighted by atomic mass is 16.4. The lowest BCUT2D eigenvalue weighted by atomic mass is 10.0. The van der Waals surface area contributed by atoms with E-state index in [2.05, 4.69) is 26.0 Å². The minimum absolute atomic E-state index is 0.883. The molecule has 4 heteroatoms. The summed E-state index contributed by atoms with van der Waals surface area (Å²) in [4.78, 5) is 20.5. The number of aliphatic carboxylic acids is 2. The topological polar surface area (TPSA) is 74.6 Å². The van der Waals surface area contributed by atoms with E-state index in [4.69, 9.17) is 10.2 Å². The van der Waals surface area contributed by atoms with Gasteiger partial charge in [0, 0.05) is 12.2 Å². The lowest BCUT2D eigenvalue weighted by Gasteiger charge is -2.03.